The minimum Gasteiger partial charge on any atom is -0.495 e. The van der Waals surface area contributed by atoms with Gasteiger partial charge in [0.25, 0.3) is 0 Å². The molecule has 0 aliphatic rings. The van der Waals surface area contributed by atoms with Crippen LogP contribution in [0.3, 0.4) is 0 Å². The monoisotopic (exact) mass is 215 g/mol. The topological polar surface area (TPSA) is 55.5 Å². The molecule has 0 amide bonds. The summed E-state index contributed by atoms with van der Waals surface area (Å²) in [4.78, 5) is 0. The summed E-state index contributed by atoms with van der Waals surface area (Å²) < 4.78 is 5.09. The highest BCUT2D eigenvalue weighted by molar-refractivity contribution is 6.32. The molecular formula is C10H14ClNO2. The van der Waals surface area contributed by atoms with E-state index in [1.54, 1.807) is 13.2 Å². The molecule has 0 saturated carbocycles. The third kappa shape index (κ3) is 2.18. The number of aryl methyl sites for hydroxylation is 1. The number of aliphatic hydroxyl groups is 1. The molecule has 1 rings (SSSR count). The molecule has 3 N–H and O–H groups in total. The zero-order valence-electron chi connectivity index (χ0n) is 8.25. The van der Waals surface area contributed by atoms with Crippen LogP contribution in [-0.4, -0.2) is 18.8 Å². The Kier molecular flexibility index (Phi) is 3.75. The Labute approximate surface area is 88.4 Å². The van der Waals surface area contributed by atoms with Gasteiger partial charge in [0.15, 0.2) is 0 Å². The highest BCUT2D eigenvalue weighted by atomic mass is 35.5. The SMILES string of the molecule is COc1cc(C(N)CO)cc(C)c1Cl. The van der Waals surface area contributed by atoms with E-state index >= 15 is 0 Å². The van der Waals surface area contributed by atoms with E-state index in [0.717, 1.165) is 11.1 Å². The van der Waals surface area contributed by atoms with E-state index in [-0.39, 0.29) is 12.6 Å². The third-order valence-corrected chi connectivity index (χ3v) is 2.57. The van der Waals surface area contributed by atoms with Gasteiger partial charge in [-0.2, -0.15) is 0 Å². The number of ether oxygens (including phenoxy) is 1. The van der Waals surface area contributed by atoms with Crippen molar-refractivity contribution in [2.45, 2.75) is 13.0 Å². The summed E-state index contributed by atoms with van der Waals surface area (Å²) in [5.41, 5.74) is 7.41. The first-order valence-corrected chi connectivity index (χ1v) is 4.68. The molecule has 3 nitrogen and oxygen atoms in total. The van der Waals surface area contributed by atoms with Crippen molar-refractivity contribution in [3.05, 3.63) is 28.3 Å². The van der Waals surface area contributed by atoms with E-state index in [4.69, 9.17) is 27.2 Å². The summed E-state index contributed by atoms with van der Waals surface area (Å²) in [5.74, 6) is 0.588. The van der Waals surface area contributed by atoms with Crippen molar-refractivity contribution in [2.75, 3.05) is 13.7 Å². The van der Waals surface area contributed by atoms with Gasteiger partial charge in [-0.25, -0.2) is 0 Å². The fourth-order valence-electron chi connectivity index (χ4n) is 1.23. The Bertz CT molecular complexity index is 328. The lowest BCUT2D eigenvalue weighted by Gasteiger charge is -2.13. The van der Waals surface area contributed by atoms with Crippen LogP contribution in [0, 0.1) is 6.92 Å². The van der Waals surface area contributed by atoms with Crippen molar-refractivity contribution in [3.8, 4) is 5.75 Å². The number of methoxy groups -OCH3 is 1. The Balaban J connectivity index is 3.16. The van der Waals surface area contributed by atoms with Gasteiger partial charge < -0.3 is 15.6 Å². The lowest BCUT2D eigenvalue weighted by molar-refractivity contribution is 0.267. The van der Waals surface area contributed by atoms with E-state index < -0.39 is 0 Å². The second kappa shape index (κ2) is 4.64. The lowest BCUT2D eigenvalue weighted by Crippen LogP contribution is -2.14. The number of rotatable bonds is 3. The van der Waals surface area contributed by atoms with Gasteiger partial charge in [-0.05, 0) is 24.1 Å². The average molecular weight is 216 g/mol. The zero-order chi connectivity index (χ0) is 10.7. The van der Waals surface area contributed by atoms with Crippen LogP contribution in [0.1, 0.15) is 17.2 Å². The summed E-state index contributed by atoms with van der Waals surface area (Å²) in [6.45, 7) is 1.78. The van der Waals surface area contributed by atoms with Crippen molar-refractivity contribution < 1.29 is 9.84 Å². The second-order valence-corrected chi connectivity index (χ2v) is 3.52. The minimum atomic E-state index is -0.389. The van der Waals surface area contributed by atoms with E-state index in [1.165, 1.54) is 0 Å². The minimum absolute atomic E-state index is 0.0930. The molecule has 0 aliphatic carbocycles. The van der Waals surface area contributed by atoms with Gasteiger partial charge in [0, 0.05) is 0 Å². The van der Waals surface area contributed by atoms with E-state index in [2.05, 4.69) is 0 Å². The van der Waals surface area contributed by atoms with Crippen molar-refractivity contribution in [3.63, 3.8) is 0 Å². The van der Waals surface area contributed by atoms with Gasteiger partial charge in [-0.3, -0.25) is 0 Å². The normalized spacial score (nSPS) is 12.6. The van der Waals surface area contributed by atoms with Gasteiger partial charge in [-0.1, -0.05) is 17.7 Å². The molecule has 1 unspecified atom stereocenters. The number of hydrogen-bond acceptors (Lipinski definition) is 3. The first-order valence-electron chi connectivity index (χ1n) is 4.30. The van der Waals surface area contributed by atoms with Crippen LogP contribution >= 0.6 is 11.6 Å². The molecule has 0 spiro atoms. The summed E-state index contributed by atoms with van der Waals surface area (Å²) in [6.07, 6.45) is 0. The Morgan fingerprint density at radius 3 is 2.71 bits per heavy atom. The van der Waals surface area contributed by atoms with E-state index in [1.807, 2.05) is 13.0 Å². The molecule has 0 saturated heterocycles. The maximum absolute atomic E-state index is 8.91. The van der Waals surface area contributed by atoms with E-state index in [0.29, 0.717) is 10.8 Å². The third-order valence-electron chi connectivity index (χ3n) is 2.09. The second-order valence-electron chi connectivity index (χ2n) is 3.14. The Morgan fingerprint density at radius 1 is 1.57 bits per heavy atom. The maximum Gasteiger partial charge on any atom is 0.138 e. The standard InChI is InChI=1S/C10H14ClNO2/c1-6-3-7(8(12)5-13)4-9(14-2)10(6)11/h3-4,8,13H,5,12H2,1-2H3. The van der Waals surface area contributed by atoms with Crippen LogP contribution in [0.2, 0.25) is 5.02 Å². The van der Waals surface area contributed by atoms with Crippen LogP contribution < -0.4 is 10.5 Å². The van der Waals surface area contributed by atoms with Crippen LogP contribution in [0.15, 0.2) is 12.1 Å². The van der Waals surface area contributed by atoms with Crippen molar-refractivity contribution in [1.29, 1.82) is 0 Å². The molecule has 1 aromatic carbocycles. The summed E-state index contributed by atoms with van der Waals surface area (Å²) in [6, 6.07) is 3.21. The number of nitrogens with two attached hydrogens (primary N) is 1. The summed E-state index contributed by atoms with van der Waals surface area (Å²) >= 11 is 5.98. The summed E-state index contributed by atoms with van der Waals surface area (Å²) in [7, 11) is 1.55. The van der Waals surface area contributed by atoms with Crippen LogP contribution in [0.4, 0.5) is 0 Å². The lowest BCUT2D eigenvalue weighted by atomic mass is 10.1. The molecule has 0 aromatic heterocycles. The molecule has 4 heteroatoms. The van der Waals surface area contributed by atoms with Gasteiger partial charge in [-0.15, -0.1) is 0 Å². The van der Waals surface area contributed by atoms with Gasteiger partial charge in [0.2, 0.25) is 0 Å². The average Bonchev–Trinajstić information content (AvgIpc) is 2.20. The number of benzene rings is 1. The number of hydrogen-bond donors (Lipinski definition) is 2. The predicted molar refractivity (Wildman–Crippen MR) is 56.8 cm³/mol. The van der Waals surface area contributed by atoms with Crippen molar-refractivity contribution in [1.82, 2.24) is 0 Å². The molecule has 0 aliphatic heterocycles. The molecule has 1 atom stereocenters. The van der Waals surface area contributed by atoms with Gasteiger partial charge >= 0.3 is 0 Å². The molecule has 0 heterocycles. The first-order chi connectivity index (χ1) is 6.60. The largest absolute Gasteiger partial charge is 0.495 e. The fraction of sp³-hybridized carbons (Fsp3) is 0.400. The maximum atomic E-state index is 8.91. The van der Waals surface area contributed by atoms with Crippen LogP contribution in [-0.2, 0) is 0 Å². The van der Waals surface area contributed by atoms with Gasteiger partial charge in [0.1, 0.15) is 5.75 Å². The zero-order valence-corrected chi connectivity index (χ0v) is 9.01. The van der Waals surface area contributed by atoms with Crippen LogP contribution in [0.25, 0.3) is 0 Å². The van der Waals surface area contributed by atoms with Crippen LogP contribution in [0.5, 0.6) is 5.75 Å². The fourth-order valence-corrected chi connectivity index (χ4v) is 1.42. The first kappa shape index (κ1) is 11.3. The molecule has 0 fully saturated rings. The van der Waals surface area contributed by atoms with Crippen molar-refractivity contribution in [2.24, 2.45) is 5.73 Å². The van der Waals surface area contributed by atoms with Crippen molar-refractivity contribution >= 4 is 11.6 Å². The molecule has 14 heavy (non-hydrogen) atoms. The predicted octanol–water partition coefficient (Wildman–Crippen LogP) is 1.65. The quantitative estimate of drug-likeness (QED) is 0.806. The molecule has 0 radical (unpaired) electrons. The smallest absolute Gasteiger partial charge is 0.138 e. The van der Waals surface area contributed by atoms with E-state index in [9.17, 15) is 0 Å². The molecule has 1 aromatic rings. The Morgan fingerprint density at radius 2 is 2.21 bits per heavy atom. The number of aliphatic hydroxyl groups excluding tert-OH is 1. The Hall–Kier alpha value is -0.770. The highest BCUT2D eigenvalue weighted by Crippen LogP contribution is 2.30. The highest BCUT2D eigenvalue weighted by Gasteiger charge is 2.10. The molecule has 78 valence electrons. The molecular weight excluding hydrogens is 202 g/mol. The van der Waals surface area contributed by atoms with Gasteiger partial charge in [0.05, 0.1) is 24.8 Å². The summed E-state index contributed by atoms with van der Waals surface area (Å²) in [5, 5.41) is 9.50. The molecule has 0 bridgehead atoms. The number of halogens is 1.